The molecule has 1 saturated heterocycles. The van der Waals surface area contributed by atoms with E-state index in [9.17, 15) is 0 Å². The zero-order valence-corrected chi connectivity index (χ0v) is 11.9. The van der Waals surface area contributed by atoms with Crippen LogP contribution in [0.25, 0.3) is 0 Å². The van der Waals surface area contributed by atoms with E-state index in [0.717, 1.165) is 25.2 Å². The second-order valence-corrected chi connectivity index (χ2v) is 5.29. The van der Waals surface area contributed by atoms with E-state index in [1.807, 2.05) is 12.1 Å². The molecule has 0 aromatic heterocycles. The van der Waals surface area contributed by atoms with Gasteiger partial charge in [0.1, 0.15) is 0 Å². The van der Waals surface area contributed by atoms with Crippen LogP contribution < -0.4 is 5.32 Å². The van der Waals surface area contributed by atoms with Crippen molar-refractivity contribution in [3.8, 4) is 6.07 Å². The molecule has 1 heterocycles. The molecule has 19 heavy (non-hydrogen) atoms. The summed E-state index contributed by atoms with van der Waals surface area (Å²) in [7, 11) is 0. The Morgan fingerprint density at radius 1 is 1.42 bits per heavy atom. The lowest BCUT2D eigenvalue weighted by Crippen LogP contribution is -2.38. The highest BCUT2D eigenvalue weighted by molar-refractivity contribution is 5.32. The fraction of sp³-hybridized carbons (Fsp3) is 0.562. The van der Waals surface area contributed by atoms with Crippen LogP contribution in [0.3, 0.4) is 0 Å². The standard InChI is InChI=1S/C16H23N3/c1-3-19(12-16-5-4-10-18-16)13(2)15-8-6-14(11-17)7-9-15/h6-9,13,16,18H,3-5,10,12H2,1-2H3. The highest BCUT2D eigenvalue weighted by Gasteiger charge is 2.21. The summed E-state index contributed by atoms with van der Waals surface area (Å²) in [4.78, 5) is 2.50. The minimum atomic E-state index is 0.403. The monoisotopic (exact) mass is 257 g/mol. The first-order valence-corrected chi connectivity index (χ1v) is 7.22. The second kappa shape index (κ2) is 6.70. The quantitative estimate of drug-likeness (QED) is 0.881. The molecule has 0 aliphatic carbocycles. The van der Waals surface area contributed by atoms with Gasteiger partial charge in [-0.05, 0) is 50.6 Å². The molecule has 102 valence electrons. The van der Waals surface area contributed by atoms with Crippen LogP contribution >= 0.6 is 0 Å². The van der Waals surface area contributed by atoms with E-state index in [4.69, 9.17) is 5.26 Å². The van der Waals surface area contributed by atoms with E-state index in [-0.39, 0.29) is 0 Å². The predicted molar refractivity (Wildman–Crippen MR) is 77.8 cm³/mol. The van der Waals surface area contributed by atoms with Gasteiger partial charge in [0.15, 0.2) is 0 Å². The lowest BCUT2D eigenvalue weighted by molar-refractivity contribution is 0.202. The number of nitriles is 1. The molecule has 1 N–H and O–H groups in total. The molecule has 2 rings (SSSR count). The predicted octanol–water partition coefficient (Wildman–Crippen LogP) is 2.69. The van der Waals surface area contributed by atoms with Crippen LogP contribution in [0, 0.1) is 11.3 Å². The average Bonchev–Trinajstić information content (AvgIpc) is 2.97. The first-order chi connectivity index (χ1) is 9.24. The summed E-state index contributed by atoms with van der Waals surface area (Å²) >= 11 is 0. The Morgan fingerprint density at radius 3 is 2.68 bits per heavy atom. The van der Waals surface area contributed by atoms with Crippen molar-refractivity contribution in [1.82, 2.24) is 10.2 Å². The minimum absolute atomic E-state index is 0.403. The Balaban J connectivity index is 2.01. The number of nitrogens with one attached hydrogen (secondary N) is 1. The Bertz CT molecular complexity index is 426. The van der Waals surface area contributed by atoms with Gasteiger partial charge in [-0.3, -0.25) is 4.90 Å². The molecule has 2 atom stereocenters. The van der Waals surface area contributed by atoms with E-state index >= 15 is 0 Å². The molecule has 1 fully saturated rings. The number of hydrogen-bond acceptors (Lipinski definition) is 3. The van der Waals surface area contributed by atoms with Crippen LogP contribution in [-0.2, 0) is 0 Å². The summed E-state index contributed by atoms with van der Waals surface area (Å²) in [6, 6.07) is 11.2. The van der Waals surface area contributed by atoms with Crippen molar-refractivity contribution in [1.29, 1.82) is 5.26 Å². The number of hydrogen-bond donors (Lipinski definition) is 1. The number of rotatable bonds is 5. The van der Waals surface area contributed by atoms with E-state index in [1.54, 1.807) is 0 Å². The smallest absolute Gasteiger partial charge is 0.0991 e. The van der Waals surface area contributed by atoms with Gasteiger partial charge < -0.3 is 5.32 Å². The maximum atomic E-state index is 8.84. The molecule has 0 bridgehead atoms. The molecular formula is C16H23N3. The van der Waals surface area contributed by atoms with Crippen LogP contribution in [0.15, 0.2) is 24.3 Å². The van der Waals surface area contributed by atoms with Gasteiger partial charge in [0.05, 0.1) is 11.6 Å². The topological polar surface area (TPSA) is 39.1 Å². The lowest BCUT2D eigenvalue weighted by Gasteiger charge is -2.30. The normalized spacial score (nSPS) is 20.4. The van der Waals surface area contributed by atoms with Gasteiger partial charge in [0, 0.05) is 18.6 Å². The van der Waals surface area contributed by atoms with Gasteiger partial charge in [-0.25, -0.2) is 0 Å². The minimum Gasteiger partial charge on any atom is -0.313 e. The van der Waals surface area contributed by atoms with Crippen molar-refractivity contribution >= 4 is 0 Å². The molecule has 1 aliphatic rings. The van der Waals surface area contributed by atoms with Crippen molar-refractivity contribution in [3.05, 3.63) is 35.4 Å². The van der Waals surface area contributed by atoms with Gasteiger partial charge in [-0.15, -0.1) is 0 Å². The molecule has 1 aliphatic heterocycles. The van der Waals surface area contributed by atoms with Crippen LogP contribution in [0.1, 0.15) is 43.9 Å². The highest BCUT2D eigenvalue weighted by atomic mass is 15.2. The largest absolute Gasteiger partial charge is 0.313 e. The summed E-state index contributed by atoms with van der Waals surface area (Å²) in [6.07, 6.45) is 2.59. The van der Waals surface area contributed by atoms with Crippen molar-refractivity contribution in [2.45, 2.75) is 38.8 Å². The zero-order chi connectivity index (χ0) is 13.7. The molecule has 2 unspecified atom stereocenters. The van der Waals surface area contributed by atoms with Crippen molar-refractivity contribution in [2.24, 2.45) is 0 Å². The number of benzene rings is 1. The SMILES string of the molecule is CCN(CC1CCCN1)C(C)c1ccc(C#N)cc1. The third kappa shape index (κ3) is 3.56. The van der Waals surface area contributed by atoms with Crippen molar-refractivity contribution in [2.75, 3.05) is 19.6 Å². The van der Waals surface area contributed by atoms with Crippen LogP contribution in [-0.4, -0.2) is 30.6 Å². The van der Waals surface area contributed by atoms with Crippen LogP contribution in [0.2, 0.25) is 0 Å². The Labute approximate surface area is 116 Å². The van der Waals surface area contributed by atoms with E-state index in [1.165, 1.54) is 18.4 Å². The van der Waals surface area contributed by atoms with E-state index in [2.05, 4.69) is 42.3 Å². The molecular weight excluding hydrogens is 234 g/mol. The summed E-state index contributed by atoms with van der Waals surface area (Å²) in [6.45, 7) is 7.79. The van der Waals surface area contributed by atoms with Gasteiger partial charge in [0.2, 0.25) is 0 Å². The van der Waals surface area contributed by atoms with Crippen LogP contribution in [0.5, 0.6) is 0 Å². The van der Waals surface area contributed by atoms with Gasteiger partial charge in [-0.2, -0.15) is 5.26 Å². The lowest BCUT2D eigenvalue weighted by atomic mass is 10.0. The van der Waals surface area contributed by atoms with E-state index < -0.39 is 0 Å². The van der Waals surface area contributed by atoms with Crippen LogP contribution in [0.4, 0.5) is 0 Å². The Morgan fingerprint density at radius 2 is 2.16 bits per heavy atom. The second-order valence-electron chi connectivity index (χ2n) is 5.29. The Hall–Kier alpha value is -1.37. The first kappa shape index (κ1) is 14.0. The van der Waals surface area contributed by atoms with Crippen molar-refractivity contribution in [3.63, 3.8) is 0 Å². The molecule has 0 radical (unpaired) electrons. The van der Waals surface area contributed by atoms with Gasteiger partial charge in [0.25, 0.3) is 0 Å². The number of nitrogens with zero attached hydrogens (tertiary/aromatic N) is 2. The maximum absolute atomic E-state index is 8.84. The third-order valence-corrected chi connectivity index (χ3v) is 4.09. The zero-order valence-electron chi connectivity index (χ0n) is 11.9. The summed E-state index contributed by atoms with van der Waals surface area (Å²) in [5.41, 5.74) is 2.02. The van der Waals surface area contributed by atoms with Gasteiger partial charge >= 0.3 is 0 Å². The third-order valence-electron chi connectivity index (χ3n) is 4.09. The molecule has 1 aromatic rings. The average molecular weight is 257 g/mol. The fourth-order valence-corrected chi connectivity index (χ4v) is 2.80. The molecule has 3 heteroatoms. The summed E-state index contributed by atoms with van der Waals surface area (Å²) in [5.74, 6) is 0. The fourth-order valence-electron chi connectivity index (χ4n) is 2.80. The molecule has 0 amide bonds. The van der Waals surface area contributed by atoms with Gasteiger partial charge in [-0.1, -0.05) is 19.1 Å². The first-order valence-electron chi connectivity index (χ1n) is 7.22. The summed E-state index contributed by atoms with van der Waals surface area (Å²) in [5, 5.41) is 12.4. The molecule has 1 aromatic carbocycles. The molecule has 0 saturated carbocycles. The maximum Gasteiger partial charge on any atom is 0.0991 e. The molecule has 3 nitrogen and oxygen atoms in total. The van der Waals surface area contributed by atoms with E-state index in [0.29, 0.717) is 12.1 Å². The Kier molecular flexibility index (Phi) is 4.95. The highest BCUT2D eigenvalue weighted by Crippen LogP contribution is 2.21. The summed E-state index contributed by atoms with van der Waals surface area (Å²) < 4.78 is 0. The number of likely N-dealkylation sites (N-methyl/N-ethyl adjacent to an activating group) is 1. The van der Waals surface area contributed by atoms with Crippen molar-refractivity contribution < 1.29 is 0 Å². The molecule has 0 spiro atoms.